The Bertz CT molecular complexity index is 554. The van der Waals surface area contributed by atoms with Crippen LogP contribution in [-0.4, -0.2) is 30.6 Å². The van der Waals surface area contributed by atoms with E-state index in [-0.39, 0.29) is 5.91 Å². The van der Waals surface area contributed by atoms with Gasteiger partial charge in [0.05, 0.1) is 10.7 Å². The molecule has 2 fully saturated rings. The van der Waals surface area contributed by atoms with Crippen molar-refractivity contribution in [2.45, 2.75) is 44.8 Å². The van der Waals surface area contributed by atoms with E-state index in [1.165, 1.54) is 18.4 Å². The van der Waals surface area contributed by atoms with Crippen molar-refractivity contribution in [2.75, 3.05) is 18.0 Å². The van der Waals surface area contributed by atoms with Gasteiger partial charge in [-0.25, -0.2) is 0 Å². The van der Waals surface area contributed by atoms with E-state index in [0.717, 1.165) is 18.8 Å². The molecule has 1 saturated heterocycles. The number of halogens is 1. The molecule has 114 valence electrons. The molecule has 0 bridgehead atoms. The van der Waals surface area contributed by atoms with Crippen LogP contribution in [0, 0.1) is 0 Å². The van der Waals surface area contributed by atoms with Crippen LogP contribution in [0.1, 0.15) is 32.3 Å². The molecule has 1 heterocycles. The van der Waals surface area contributed by atoms with Crippen LogP contribution in [0.5, 0.6) is 0 Å². The third-order valence-electron chi connectivity index (χ3n) is 4.33. The number of rotatable bonds is 4. The van der Waals surface area contributed by atoms with Gasteiger partial charge >= 0.3 is 0 Å². The van der Waals surface area contributed by atoms with Gasteiger partial charge in [0.2, 0.25) is 5.91 Å². The predicted molar refractivity (Wildman–Crippen MR) is 85.7 cm³/mol. The van der Waals surface area contributed by atoms with Crippen LogP contribution in [0.15, 0.2) is 18.2 Å². The second kappa shape index (κ2) is 5.50. The predicted octanol–water partition coefficient (Wildman–Crippen LogP) is 2.31. The smallest absolute Gasteiger partial charge is 0.245 e. The largest absolute Gasteiger partial charge is 0.355 e. The van der Waals surface area contributed by atoms with Crippen LogP contribution in [0.2, 0.25) is 5.02 Å². The monoisotopic (exact) mass is 307 g/mol. The van der Waals surface area contributed by atoms with Crippen molar-refractivity contribution in [3.05, 3.63) is 28.8 Å². The van der Waals surface area contributed by atoms with Gasteiger partial charge in [0.1, 0.15) is 5.54 Å². The number of carbonyl (C=O) groups is 1. The van der Waals surface area contributed by atoms with Gasteiger partial charge in [-0.2, -0.15) is 0 Å². The maximum Gasteiger partial charge on any atom is 0.245 e. The third-order valence-corrected chi connectivity index (χ3v) is 4.63. The fourth-order valence-corrected chi connectivity index (χ4v) is 3.06. The average Bonchev–Trinajstić information content (AvgIpc) is 3.25. The number of piperazine rings is 1. The van der Waals surface area contributed by atoms with Crippen molar-refractivity contribution in [3.63, 3.8) is 0 Å². The van der Waals surface area contributed by atoms with Gasteiger partial charge in [0.25, 0.3) is 0 Å². The number of hydrogen-bond donors (Lipinski definition) is 2. The average molecular weight is 308 g/mol. The lowest BCUT2D eigenvalue weighted by Crippen LogP contribution is -2.62. The van der Waals surface area contributed by atoms with Gasteiger partial charge in [-0.3, -0.25) is 4.79 Å². The Labute approximate surface area is 130 Å². The number of benzene rings is 1. The van der Waals surface area contributed by atoms with E-state index in [0.29, 0.717) is 17.6 Å². The van der Waals surface area contributed by atoms with Crippen LogP contribution < -0.4 is 15.5 Å². The molecule has 4 nitrogen and oxygen atoms in total. The SMILES string of the molecule is CC1(C)C(=O)NCCN1c1ccc(CNC2CC2)cc1Cl. The van der Waals surface area contributed by atoms with Gasteiger partial charge in [0.15, 0.2) is 0 Å². The molecule has 0 atom stereocenters. The number of amides is 1. The molecule has 2 aliphatic rings. The first-order chi connectivity index (χ1) is 9.98. The molecule has 1 aromatic carbocycles. The number of nitrogens with zero attached hydrogens (tertiary/aromatic N) is 1. The molecule has 0 radical (unpaired) electrons. The number of anilines is 1. The van der Waals surface area contributed by atoms with Crippen LogP contribution in [0.3, 0.4) is 0 Å². The lowest BCUT2D eigenvalue weighted by molar-refractivity contribution is -0.126. The summed E-state index contributed by atoms with van der Waals surface area (Å²) in [6, 6.07) is 6.83. The summed E-state index contributed by atoms with van der Waals surface area (Å²) in [5.41, 5.74) is 1.55. The van der Waals surface area contributed by atoms with Crippen LogP contribution in [0.4, 0.5) is 5.69 Å². The molecule has 3 rings (SSSR count). The Morgan fingerprint density at radius 3 is 2.86 bits per heavy atom. The molecular formula is C16H22ClN3O. The zero-order valence-electron chi connectivity index (χ0n) is 12.6. The number of carbonyl (C=O) groups excluding carboxylic acids is 1. The molecule has 0 spiro atoms. The quantitative estimate of drug-likeness (QED) is 0.897. The van der Waals surface area contributed by atoms with E-state index < -0.39 is 5.54 Å². The Morgan fingerprint density at radius 1 is 1.43 bits per heavy atom. The summed E-state index contributed by atoms with van der Waals surface area (Å²) >= 11 is 6.47. The minimum Gasteiger partial charge on any atom is -0.355 e. The zero-order valence-corrected chi connectivity index (χ0v) is 13.3. The normalized spacial score (nSPS) is 21.3. The molecule has 2 N–H and O–H groups in total. The number of hydrogen-bond acceptors (Lipinski definition) is 3. The highest BCUT2D eigenvalue weighted by molar-refractivity contribution is 6.33. The Kier molecular flexibility index (Phi) is 3.84. The molecule has 21 heavy (non-hydrogen) atoms. The van der Waals surface area contributed by atoms with E-state index in [9.17, 15) is 4.79 Å². The standard InChI is InChI=1S/C16H22ClN3O/c1-16(2)15(21)18-7-8-20(16)14-6-3-11(9-13(14)17)10-19-12-4-5-12/h3,6,9,12,19H,4-5,7-8,10H2,1-2H3,(H,18,21). The van der Waals surface area contributed by atoms with E-state index in [2.05, 4.69) is 21.6 Å². The third kappa shape index (κ3) is 3.01. The highest BCUT2D eigenvalue weighted by Gasteiger charge is 2.38. The number of nitrogens with one attached hydrogen (secondary N) is 2. The van der Waals surface area contributed by atoms with Crippen LogP contribution >= 0.6 is 11.6 Å². The summed E-state index contributed by atoms with van der Waals surface area (Å²) in [6.07, 6.45) is 2.56. The van der Waals surface area contributed by atoms with Crippen molar-refractivity contribution in [1.82, 2.24) is 10.6 Å². The molecule has 1 aliphatic carbocycles. The van der Waals surface area contributed by atoms with Crippen molar-refractivity contribution in [2.24, 2.45) is 0 Å². The van der Waals surface area contributed by atoms with E-state index in [1.807, 2.05) is 26.0 Å². The summed E-state index contributed by atoms with van der Waals surface area (Å²) in [4.78, 5) is 14.1. The van der Waals surface area contributed by atoms with Gasteiger partial charge < -0.3 is 15.5 Å². The lowest BCUT2D eigenvalue weighted by Gasteiger charge is -2.43. The first-order valence-corrected chi connectivity index (χ1v) is 7.94. The van der Waals surface area contributed by atoms with E-state index >= 15 is 0 Å². The second-order valence-corrected chi connectivity index (χ2v) is 6.81. The van der Waals surface area contributed by atoms with Gasteiger partial charge in [-0.15, -0.1) is 0 Å². The first-order valence-electron chi connectivity index (χ1n) is 7.56. The highest BCUT2D eigenvalue weighted by atomic mass is 35.5. The molecule has 5 heteroatoms. The molecule has 1 amide bonds. The van der Waals surface area contributed by atoms with Crippen molar-refractivity contribution in [1.29, 1.82) is 0 Å². The summed E-state index contributed by atoms with van der Waals surface area (Å²) < 4.78 is 0. The fraction of sp³-hybridized carbons (Fsp3) is 0.562. The van der Waals surface area contributed by atoms with Crippen LogP contribution in [-0.2, 0) is 11.3 Å². The van der Waals surface area contributed by atoms with Crippen molar-refractivity contribution >= 4 is 23.2 Å². The van der Waals surface area contributed by atoms with Gasteiger partial charge in [-0.1, -0.05) is 17.7 Å². The van der Waals surface area contributed by atoms with Crippen molar-refractivity contribution < 1.29 is 4.79 Å². The minimum atomic E-state index is -0.574. The zero-order chi connectivity index (χ0) is 15.0. The lowest BCUT2D eigenvalue weighted by atomic mass is 9.97. The Balaban J connectivity index is 1.79. The summed E-state index contributed by atoms with van der Waals surface area (Å²) in [6.45, 7) is 6.15. The maximum absolute atomic E-state index is 12.1. The second-order valence-electron chi connectivity index (χ2n) is 6.41. The maximum atomic E-state index is 12.1. The Morgan fingerprint density at radius 2 is 2.19 bits per heavy atom. The Hall–Kier alpha value is -1.26. The van der Waals surface area contributed by atoms with E-state index in [4.69, 9.17) is 11.6 Å². The molecular weight excluding hydrogens is 286 g/mol. The summed E-state index contributed by atoms with van der Waals surface area (Å²) in [5, 5.41) is 7.11. The molecule has 1 saturated carbocycles. The van der Waals surface area contributed by atoms with Crippen LogP contribution in [0.25, 0.3) is 0 Å². The molecule has 1 aromatic rings. The molecule has 0 unspecified atom stereocenters. The first kappa shape index (κ1) is 14.7. The summed E-state index contributed by atoms with van der Waals surface area (Å²) in [7, 11) is 0. The summed E-state index contributed by atoms with van der Waals surface area (Å²) in [5.74, 6) is 0.0456. The van der Waals surface area contributed by atoms with E-state index in [1.54, 1.807) is 0 Å². The van der Waals surface area contributed by atoms with Gasteiger partial charge in [0, 0.05) is 25.7 Å². The molecule has 1 aliphatic heterocycles. The minimum absolute atomic E-state index is 0.0456. The van der Waals surface area contributed by atoms with Crippen molar-refractivity contribution in [3.8, 4) is 0 Å². The topological polar surface area (TPSA) is 44.4 Å². The molecule has 0 aromatic heterocycles. The highest BCUT2D eigenvalue weighted by Crippen LogP contribution is 2.33. The fourth-order valence-electron chi connectivity index (χ4n) is 2.75. The van der Waals surface area contributed by atoms with Gasteiger partial charge in [-0.05, 0) is 44.4 Å².